The second kappa shape index (κ2) is 8.81. The van der Waals surface area contributed by atoms with E-state index < -0.39 is 0 Å². The second-order valence-electron chi connectivity index (χ2n) is 14.2. The van der Waals surface area contributed by atoms with Crippen molar-refractivity contribution in [2.24, 2.45) is 39.4 Å². The van der Waals surface area contributed by atoms with Gasteiger partial charge in [0.25, 0.3) is 0 Å². The van der Waals surface area contributed by atoms with Gasteiger partial charge in [0.15, 0.2) is 0 Å². The molecule has 0 saturated heterocycles. The largest absolute Gasteiger partial charge is 0.462 e. The average Bonchev–Trinajstić information content (AvgIpc) is 3.01. The highest BCUT2D eigenvalue weighted by Gasteiger charge is 2.63. The minimum Gasteiger partial charge on any atom is -0.462 e. The third-order valence-electron chi connectivity index (χ3n) is 11.9. The maximum atomic E-state index is 11.8. The lowest BCUT2D eigenvalue weighted by Gasteiger charge is -2.62. The lowest BCUT2D eigenvalue weighted by molar-refractivity contribution is -0.167. The molecule has 2 fully saturated rings. The summed E-state index contributed by atoms with van der Waals surface area (Å²) in [5.74, 6) is 2.13. The predicted molar refractivity (Wildman–Crippen MR) is 142 cm³/mol. The van der Waals surface area contributed by atoms with Gasteiger partial charge in [-0.3, -0.25) is 4.79 Å². The van der Waals surface area contributed by atoms with E-state index in [1.165, 1.54) is 63.4 Å². The van der Waals surface area contributed by atoms with Crippen molar-refractivity contribution in [2.75, 3.05) is 0 Å². The van der Waals surface area contributed by atoms with Crippen LogP contribution in [-0.4, -0.2) is 12.1 Å². The molecule has 2 saturated carbocycles. The zero-order valence-corrected chi connectivity index (χ0v) is 23.8. The van der Waals surface area contributed by atoms with Crippen LogP contribution in [0.4, 0.5) is 0 Å². The molecule has 0 aromatic heterocycles. The summed E-state index contributed by atoms with van der Waals surface area (Å²) in [6, 6.07) is 0. The highest BCUT2D eigenvalue weighted by Crippen LogP contribution is 2.72. The van der Waals surface area contributed by atoms with Crippen LogP contribution in [0.5, 0.6) is 0 Å². The smallest absolute Gasteiger partial charge is 0.302 e. The molecule has 7 atom stereocenters. The van der Waals surface area contributed by atoms with Crippen molar-refractivity contribution in [2.45, 2.75) is 133 Å². The zero-order chi connectivity index (χ0) is 25.1. The summed E-state index contributed by atoms with van der Waals surface area (Å²) < 4.78 is 5.87. The van der Waals surface area contributed by atoms with Crippen LogP contribution in [0.3, 0.4) is 0 Å². The molecule has 4 aliphatic carbocycles. The van der Waals surface area contributed by atoms with Gasteiger partial charge in [-0.05, 0) is 112 Å². The van der Waals surface area contributed by atoms with E-state index in [0.717, 1.165) is 18.3 Å². The quantitative estimate of drug-likeness (QED) is 0.297. The van der Waals surface area contributed by atoms with Gasteiger partial charge in [0.2, 0.25) is 0 Å². The van der Waals surface area contributed by atoms with Crippen molar-refractivity contribution >= 4 is 5.97 Å². The molecular formula is C32H52O2. The van der Waals surface area contributed by atoms with E-state index in [9.17, 15) is 4.79 Å². The summed E-state index contributed by atoms with van der Waals surface area (Å²) in [6.07, 6.45) is 15.2. The Labute approximate surface area is 210 Å². The standard InChI is InChI=1S/C32H52O2/c1-21(2)11-10-12-22(3)24-15-19-32(9)26-13-14-27-29(5,6)28(34-23(4)33)17-18-30(27,7)25(26)16-20-31(24,32)8/h11,22,24,27-28H,10,12-20H2,1-9H3/t22-,24-,27?,28?,30-,31+,32+/m1/s1. The first-order valence-corrected chi connectivity index (χ1v) is 14.3. The summed E-state index contributed by atoms with van der Waals surface area (Å²) in [4.78, 5) is 11.8. The normalized spacial score (nSPS) is 41.7. The third-order valence-corrected chi connectivity index (χ3v) is 11.9. The summed E-state index contributed by atoms with van der Waals surface area (Å²) in [6.45, 7) is 21.2. The number of ether oxygens (including phenoxy) is 1. The van der Waals surface area contributed by atoms with E-state index >= 15 is 0 Å². The maximum Gasteiger partial charge on any atom is 0.302 e. The van der Waals surface area contributed by atoms with Gasteiger partial charge >= 0.3 is 5.97 Å². The molecule has 4 aliphatic rings. The molecule has 0 aliphatic heterocycles. The lowest BCUT2D eigenvalue weighted by Crippen LogP contribution is -2.55. The van der Waals surface area contributed by atoms with Crippen LogP contribution in [-0.2, 0) is 9.53 Å². The van der Waals surface area contributed by atoms with Crippen LogP contribution in [0, 0.1) is 39.4 Å². The molecule has 0 aromatic rings. The zero-order valence-electron chi connectivity index (χ0n) is 23.8. The molecule has 34 heavy (non-hydrogen) atoms. The van der Waals surface area contributed by atoms with Crippen LogP contribution in [0.25, 0.3) is 0 Å². The SMILES string of the molecule is CC(=O)OC1CC[C@]2(C)C3=C(CCC2C1(C)C)[C@]1(C)CC[C@H]([C@H](C)CCC=C(C)C)[C@]1(C)CC3. The highest BCUT2D eigenvalue weighted by molar-refractivity contribution is 5.66. The van der Waals surface area contributed by atoms with Crippen molar-refractivity contribution < 1.29 is 9.53 Å². The summed E-state index contributed by atoms with van der Waals surface area (Å²) >= 11 is 0. The van der Waals surface area contributed by atoms with Crippen molar-refractivity contribution in [3.63, 3.8) is 0 Å². The Morgan fingerprint density at radius 1 is 0.971 bits per heavy atom. The topological polar surface area (TPSA) is 26.3 Å². The Morgan fingerprint density at radius 2 is 1.68 bits per heavy atom. The molecular weight excluding hydrogens is 416 g/mol. The fraction of sp³-hybridized carbons (Fsp3) is 0.844. The van der Waals surface area contributed by atoms with Gasteiger partial charge in [0.05, 0.1) is 0 Å². The Kier molecular flexibility index (Phi) is 6.74. The molecule has 0 N–H and O–H groups in total. The van der Waals surface area contributed by atoms with E-state index in [0.29, 0.717) is 16.7 Å². The molecule has 2 nitrogen and oxygen atoms in total. The van der Waals surface area contributed by atoms with Crippen LogP contribution in [0.1, 0.15) is 127 Å². The summed E-state index contributed by atoms with van der Waals surface area (Å²) in [5.41, 5.74) is 6.25. The number of hydrogen-bond donors (Lipinski definition) is 0. The first kappa shape index (κ1) is 26.0. The molecule has 192 valence electrons. The lowest BCUT2D eigenvalue weighted by atomic mass is 9.43. The van der Waals surface area contributed by atoms with Gasteiger partial charge in [-0.25, -0.2) is 0 Å². The van der Waals surface area contributed by atoms with Crippen LogP contribution < -0.4 is 0 Å². The molecule has 0 aromatic carbocycles. The van der Waals surface area contributed by atoms with E-state index in [4.69, 9.17) is 4.74 Å². The van der Waals surface area contributed by atoms with Gasteiger partial charge in [0, 0.05) is 12.3 Å². The monoisotopic (exact) mass is 468 g/mol. The van der Waals surface area contributed by atoms with E-state index in [1.54, 1.807) is 6.92 Å². The fourth-order valence-corrected chi connectivity index (χ4v) is 9.86. The number of hydrogen-bond acceptors (Lipinski definition) is 2. The Hall–Kier alpha value is -1.05. The van der Waals surface area contributed by atoms with Gasteiger partial charge in [0.1, 0.15) is 6.10 Å². The van der Waals surface area contributed by atoms with Crippen LogP contribution >= 0.6 is 0 Å². The molecule has 0 heterocycles. The Bertz CT molecular complexity index is 873. The van der Waals surface area contributed by atoms with Gasteiger partial charge in [-0.15, -0.1) is 0 Å². The number of rotatable bonds is 5. The van der Waals surface area contributed by atoms with E-state index in [-0.39, 0.29) is 22.9 Å². The predicted octanol–water partition coefficient (Wildman–Crippen LogP) is 9.05. The van der Waals surface area contributed by atoms with Crippen molar-refractivity contribution in [1.29, 1.82) is 0 Å². The maximum absolute atomic E-state index is 11.8. The molecule has 0 radical (unpaired) electrons. The van der Waals surface area contributed by atoms with Crippen LogP contribution in [0.2, 0.25) is 0 Å². The molecule has 0 amide bonds. The second-order valence-corrected chi connectivity index (χ2v) is 14.2. The Morgan fingerprint density at radius 3 is 2.32 bits per heavy atom. The first-order valence-electron chi connectivity index (χ1n) is 14.3. The van der Waals surface area contributed by atoms with Crippen LogP contribution in [0.15, 0.2) is 22.8 Å². The molecule has 0 bridgehead atoms. The molecule has 2 heteroatoms. The number of fused-ring (bicyclic) bond motifs is 4. The van der Waals surface area contributed by atoms with Crippen molar-refractivity contribution in [3.8, 4) is 0 Å². The number of carbonyl (C=O) groups excluding carboxylic acids is 1. The first-order chi connectivity index (χ1) is 15.8. The van der Waals surface area contributed by atoms with Gasteiger partial charge in [-0.1, -0.05) is 64.3 Å². The van der Waals surface area contributed by atoms with Crippen molar-refractivity contribution in [3.05, 3.63) is 22.8 Å². The average molecular weight is 469 g/mol. The third kappa shape index (κ3) is 3.85. The Balaban J connectivity index is 1.63. The number of esters is 1. The molecule has 2 unspecified atom stereocenters. The minimum absolute atomic E-state index is 0.0382. The van der Waals surface area contributed by atoms with Crippen molar-refractivity contribution in [1.82, 2.24) is 0 Å². The fourth-order valence-electron chi connectivity index (χ4n) is 9.86. The molecule has 4 rings (SSSR count). The number of allylic oxidation sites excluding steroid dienone is 4. The summed E-state index contributed by atoms with van der Waals surface area (Å²) in [5, 5.41) is 0. The summed E-state index contributed by atoms with van der Waals surface area (Å²) in [7, 11) is 0. The van der Waals surface area contributed by atoms with E-state index in [1.807, 2.05) is 11.1 Å². The highest BCUT2D eigenvalue weighted by atomic mass is 16.5. The number of carbonyl (C=O) groups is 1. The van der Waals surface area contributed by atoms with Gasteiger partial charge in [-0.2, -0.15) is 0 Å². The molecule has 0 spiro atoms. The minimum atomic E-state index is -0.117. The van der Waals surface area contributed by atoms with E-state index in [2.05, 4.69) is 61.5 Å². The van der Waals surface area contributed by atoms with Gasteiger partial charge < -0.3 is 4.74 Å².